The highest BCUT2D eigenvalue weighted by molar-refractivity contribution is 5.97. The fraction of sp³-hybridized carbons (Fsp3) is 0.353. The quantitative estimate of drug-likeness (QED) is 0.918. The van der Waals surface area contributed by atoms with Gasteiger partial charge in [0.15, 0.2) is 11.9 Å². The van der Waals surface area contributed by atoms with Gasteiger partial charge in [0, 0.05) is 20.2 Å². The standard InChI is InChI=1S/C17H20N4O2/c1-23-15(13-7-3-2-4-8-13)17(22)20-14-11-18-12-19-16(14)21-9-5-6-10-21/h2-4,7-8,11-12,15H,5-6,9-10H2,1H3,(H,20,22). The number of carbonyl (C=O) groups is 1. The maximum absolute atomic E-state index is 12.6. The number of ether oxygens (including phenoxy) is 1. The van der Waals surface area contributed by atoms with Gasteiger partial charge in [-0.1, -0.05) is 30.3 Å². The number of methoxy groups -OCH3 is 1. The summed E-state index contributed by atoms with van der Waals surface area (Å²) < 4.78 is 5.37. The van der Waals surface area contributed by atoms with Crippen LogP contribution in [0.1, 0.15) is 24.5 Å². The zero-order valence-electron chi connectivity index (χ0n) is 13.1. The van der Waals surface area contributed by atoms with Gasteiger partial charge >= 0.3 is 0 Å². The average Bonchev–Trinajstić information content (AvgIpc) is 3.11. The monoisotopic (exact) mass is 312 g/mol. The molecule has 1 saturated heterocycles. The lowest BCUT2D eigenvalue weighted by Crippen LogP contribution is -2.26. The smallest absolute Gasteiger partial charge is 0.258 e. The molecule has 1 amide bonds. The van der Waals surface area contributed by atoms with Crippen LogP contribution in [0.4, 0.5) is 11.5 Å². The second-order valence-electron chi connectivity index (χ2n) is 5.47. The summed E-state index contributed by atoms with van der Waals surface area (Å²) in [5.74, 6) is 0.544. The van der Waals surface area contributed by atoms with E-state index in [9.17, 15) is 4.79 Å². The third-order valence-corrected chi connectivity index (χ3v) is 3.93. The van der Waals surface area contributed by atoms with Gasteiger partial charge < -0.3 is 15.0 Å². The number of hydrogen-bond donors (Lipinski definition) is 1. The van der Waals surface area contributed by atoms with Crippen LogP contribution in [0, 0.1) is 0 Å². The van der Waals surface area contributed by atoms with Gasteiger partial charge in [-0.3, -0.25) is 4.79 Å². The van der Waals surface area contributed by atoms with E-state index in [1.54, 1.807) is 6.20 Å². The average molecular weight is 312 g/mol. The van der Waals surface area contributed by atoms with Crippen molar-refractivity contribution in [3.63, 3.8) is 0 Å². The van der Waals surface area contributed by atoms with Crippen molar-refractivity contribution in [2.45, 2.75) is 18.9 Å². The van der Waals surface area contributed by atoms with Gasteiger partial charge in [-0.25, -0.2) is 9.97 Å². The van der Waals surface area contributed by atoms with E-state index in [0.717, 1.165) is 37.3 Å². The van der Waals surface area contributed by atoms with Crippen molar-refractivity contribution >= 4 is 17.4 Å². The first kappa shape index (κ1) is 15.4. The number of rotatable bonds is 5. The molecule has 6 heteroatoms. The molecule has 1 aromatic heterocycles. The van der Waals surface area contributed by atoms with Gasteiger partial charge in [-0.15, -0.1) is 0 Å². The molecule has 1 N–H and O–H groups in total. The third-order valence-electron chi connectivity index (χ3n) is 3.93. The van der Waals surface area contributed by atoms with Crippen LogP contribution < -0.4 is 10.2 Å². The molecule has 0 radical (unpaired) electrons. The topological polar surface area (TPSA) is 67.3 Å². The highest BCUT2D eigenvalue weighted by atomic mass is 16.5. The summed E-state index contributed by atoms with van der Waals surface area (Å²) in [5, 5.41) is 2.91. The van der Waals surface area contributed by atoms with E-state index >= 15 is 0 Å². The fourth-order valence-corrected chi connectivity index (χ4v) is 2.81. The van der Waals surface area contributed by atoms with Crippen LogP contribution in [0.5, 0.6) is 0 Å². The fourth-order valence-electron chi connectivity index (χ4n) is 2.81. The minimum absolute atomic E-state index is 0.228. The number of amides is 1. The molecule has 120 valence electrons. The molecule has 23 heavy (non-hydrogen) atoms. The first-order valence-electron chi connectivity index (χ1n) is 7.73. The first-order valence-corrected chi connectivity index (χ1v) is 7.73. The van der Waals surface area contributed by atoms with Crippen LogP contribution >= 0.6 is 0 Å². The van der Waals surface area contributed by atoms with Gasteiger partial charge in [0.1, 0.15) is 12.0 Å². The van der Waals surface area contributed by atoms with E-state index in [0.29, 0.717) is 5.69 Å². The van der Waals surface area contributed by atoms with Crippen LogP contribution in [-0.2, 0) is 9.53 Å². The molecule has 3 rings (SSSR count). The van der Waals surface area contributed by atoms with Crippen LogP contribution in [-0.4, -0.2) is 36.1 Å². The van der Waals surface area contributed by atoms with Gasteiger partial charge in [-0.2, -0.15) is 0 Å². The molecule has 1 fully saturated rings. The van der Waals surface area contributed by atoms with E-state index in [-0.39, 0.29) is 5.91 Å². The van der Waals surface area contributed by atoms with Crippen molar-refractivity contribution in [2.75, 3.05) is 30.4 Å². The van der Waals surface area contributed by atoms with Crippen molar-refractivity contribution in [1.29, 1.82) is 0 Å². The highest BCUT2D eigenvalue weighted by Crippen LogP contribution is 2.27. The zero-order valence-corrected chi connectivity index (χ0v) is 13.1. The molecule has 0 bridgehead atoms. The summed E-state index contributed by atoms with van der Waals surface area (Å²) >= 11 is 0. The van der Waals surface area contributed by atoms with E-state index in [1.165, 1.54) is 13.4 Å². The molecule has 0 saturated carbocycles. The van der Waals surface area contributed by atoms with E-state index < -0.39 is 6.10 Å². The Balaban J connectivity index is 1.79. The second-order valence-corrected chi connectivity index (χ2v) is 5.47. The minimum Gasteiger partial charge on any atom is -0.367 e. The molecule has 0 spiro atoms. The lowest BCUT2D eigenvalue weighted by molar-refractivity contribution is -0.126. The second kappa shape index (κ2) is 7.19. The molecule has 0 aliphatic carbocycles. The van der Waals surface area contributed by atoms with Crippen LogP contribution in [0.15, 0.2) is 42.9 Å². The maximum atomic E-state index is 12.6. The summed E-state index contributed by atoms with van der Waals surface area (Å²) in [5.41, 5.74) is 1.43. The Morgan fingerprint density at radius 2 is 2.00 bits per heavy atom. The molecule has 1 aromatic carbocycles. The summed E-state index contributed by atoms with van der Waals surface area (Å²) in [6.45, 7) is 1.90. The molecule has 1 aliphatic heterocycles. The molecule has 1 atom stereocenters. The summed E-state index contributed by atoms with van der Waals surface area (Å²) in [4.78, 5) is 23.1. The molecular weight excluding hydrogens is 292 g/mol. The maximum Gasteiger partial charge on any atom is 0.258 e. The Bertz CT molecular complexity index is 657. The molecule has 6 nitrogen and oxygen atoms in total. The Morgan fingerprint density at radius 1 is 1.26 bits per heavy atom. The number of anilines is 2. The van der Waals surface area contributed by atoms with Crippen molar-refractivity contribution in [3.05, 3.63) is 48.4 Å². The minimum atomic E-state index is -0.664. The number of nitrogens with one attached hydrogen (secondary N) is 1. The van der Waals surface area contributed by atoms with Gasteiger partial charge in [0.2, 0.25) is 0 Å². The SMILES string of the molecule is COC(C(=O)Nc1cncnc1N1CCCC1)c1ccccc1. The number of carbonyl (C=O) groups excluding carboxylic acids is 1. The van der Waals surface area contributed by atoms with Crippen LogP contribution in [0.25, 0.3) is 0 Å². The highest BCUT2D eigenvalue weighted by Gasteiger charge is 2.23. The van der Waals surface area contributed by atoms with Gasteiger partial charge in [0.25, 0.3) is 5.91 Å². The lowest BCUT2D eigenvalue weighted by Gasteiger charge is -2.21. The van der Waals surface area contributed by atoms with Crippen molar-refractivity contribution < 1.29 is 9.53 Å². The van der Waals surface area contributed by atoms with E-state index in [4.69, 9.17) is 4.74 Å². The Morgan fingerprint density at radius 3 is 2.70 bits per heavy atom. The Labute approximate surface area is 135 Å². The summed E-state index contributed by atoms with van der Waals surface area (Å²) in [6, 6.07) is 9.42. The number of hydrogen-bond acceptors (Lipinski definition) is 5. The van der Waals surface area contributed by atoms with E-state index in [2.05, 4.69) is 20.2 Å². The van der Waals surface area contributed by atoms with E-state index in [1.807, 2.05) is 30.3 Å². The first-order chi connectivity index (χ1) is 11.3. The molecule has 1 unspecified atom stereocenters. The number of nitrogens with zero attached hydrogens (tertiary/aromatic N) is 3. The zero-order chi connectivity index (χ0) is 16.1. The molecular formula is C17H20N4O2. The molecule has 2 aromatic rings. The van der Waals surface area contributed by atoms with Crippen molar-refractivity contribution in [3.8, 4) is 0 Å². The largest absolute Gasteiger partial charge is 0.367 e. The Kier molecular flexibility index (Phi) is 4.83. The normalized spacial score (nSPS) is 15.4. The van der Waals surface area contributed by atoms with Crippen molar-refractivity contribution in [1.82, 2.24) is 9.97 Å². The number of aromatic nitrogens is 2. The third kappa shape index (κ3) is 3.48. The number of benzene rings is 1. The predicted octanol–water partition coefficient (Wildman–Crippen LogP) is 2.40. The van der Waals surface area contributed by atoms with Crippen molar-refractivity contribution in [2.24, 2.45) is 0 Å². The van der Waals surface area contributed by atoms with Gasteiger partial charge in [0.05, 0.1) is 6.20 Å². The summed E-state index contributed by atoms with van der Waals surface area (Å²) in [7, 11) is 1.53. The van der Waals surface area contributed by atoms with Crippen LogP contribution in [0.2, 0.25) is 0 Å². The Hall–Kier alpha value is -2.47. The predicted molar refractivity (Wildman–Crippen MR) is 88.3 cm³/mol. The lowest BCUT2D eigenvalue weighted by atomic mass is 10.1. The van der Waals surface area contributed by atoms with Gasteiger partial charge in [-0.05, 0) is 18.4 Å². The molecule has 2 heterocycles. The van der Waals surface area contributed by atoms with Crippen LogP contribution in [0.3, 0.4) is 0 Å². The summed E-state index contributed by atoms with van der Waals surface area (Å²) in [6.07, 6.45) is 4.76. The molecule has 1 aliphatic rings.